The van der Waals surface area contributed by atoms with Crippen molar-refractivity contribution >= 4 is 5.97 Å². The molecule has 0 heterocycles. The van der Waals surface area contributed by atoms with Crippen LogP contribution in [0.5, 0.6) is 0 Å². The molecule has 3 nitrogen and oxygen atoms in total. The molecule has 3 heteroatoms. The summed E-state index contributed by atoms with van der Waals surface area (Å²) in [6.45, 7) is 4.10. The molecule has 0 aromatic carbocycles. The number of aliphatic carboxylic acids is 1. The molecule has 0 aromatic rings. The zero-order valence-electron chi connectivity index (χ0n) is 9.25. The van der Waals surface area contributed by atoms with E-state index in [4.69, 9.17) is 5.11 Å². The maximum absolute atomic E-state index is 11.2. The van der Waals surface area contributed by atoms with E-state index in [0.29, 0.717) is 12.8 Å². The lowest BCUT2D eigenvalue weighted by Gasteiger charge is -2.28. The Morgan fingerprint density at radius 2 is 1.64 bits per heavy atom. The monoisotopic (exact) mass is 202 g/mol. The van der Waals surface area contributed by atoms with Crippen LogP contribution in [-0.4, -0.2) is 22.8 Å². The molecule has 0 aliphatic heterocycles. The average molecular weight is 202 g/mol. The van der Waals surface area contributed by atoms with E-state index in [1.165, 1.54) is 0 Å². The summed E-state index contributed by atoms with van der Waals surface area (Å²) in [4.78, 5) is 11.2. The van der Waals surface area contributed by atoms with Gasteiger partial charge >= 0.3 is 5.97 Å². The fourth-order valence-electron chi connectivity index (χ4n) is 2.07. The summed E-state index contributed by atoms with van der Waals surface area (Å²) in [5.41, 5.74) is -0.591. The molecule has 0 rings (SSSR count). The smallest absolute Gasteiger partial charge is 0.309 e. The second-order valence-electron chi connectivity index (χ2n) is 3.91. The molecule has 0 unspecified atom stereocenters. The van der Waals surface area contributed by atoms with E-state index in [9.17, 15) is 9.90 Å². The third kappa shape index (κ3) is 3.66. The van der Waals surface area contributed by atoms with Crippen molar-refractivity contribution in [1.82, 2.24) is 0 Å². The molecule has 14 heavy (non-hydrogen) atoms. The molecule has 0 fully saturated rings. The van der Waals surface area contributed by atoms with Crippen LogP contribution in [0.4, 0.5) is 0 Å². The quantitative estimate of drug-likeness (QED) is 0.635. The summed E-state index contributed by atoms with van der Waals surface area (Å²) in [5, 5.41) is 18.0. The van der Waals surface area contributed by atoms with Crippen molar-refractivity contribution in [3.05, 3.63) is 0 Å². The molecule has 0 atom stereocenters. The number of rotatable bonds is 8. The van der Waals surface area contributed by atoms with E-state index in [-0.39, 0.29) is 6.61 Å². The predicted octanol–water partition coefficient (Wildman–Crippen LogP) is 2.43. The van der Waals surface area contributed by atoms with Gasteiger partial charge in [-0.3, -0.25) is 4.79 Å². The highest BCUT2D eigenvalue weighted by Crippen LogP contribution is 2.35. The topological polar surface area (TPSA) is 57.5 Å². The first-order valence-corrected chi connectivity index (χ1v) is 5.47. The van der Waals surface area contributed by atoms with Crippen LogP contribution >= 0.6 is 0 Å². The Morgan fingerprint density at radius 3 is 1.93 bits per heavy atom. The van der Waals surface area contributed by atoms with Crippen molar-refractivity contribution in [2.75, 3.05) is 6.61 Å². The van der Waals surface area contributed by atoms with Crippen molar-refractivity contribution in [2.45, 2.75) is 52.4 Å². The van der Waals surface area contributed by atoms with Crippen LogP contribution in [0.3, 0.4) is 0 Å². The van der Waals surface area contributed by atoms with Gasteiger partial charge in [-0.05, 0) is 25.7 Å². The molecule has 2 N–H and O–H groups in total. The largest absolute Gasteiger partial charge is 0.481 e. The van der Waals surface area contributed by atoms with Gasteiger partial charge in [0.1, 0.15) is 0 Å². The van der Waals surface area contributed by atoms with Crippen molar-refractivity contribution in [3.8, 4) is 0 Å². The van der Waals surface area contributed by atoms with Crippen LogP contribution in [0.1, 0.15) is 52.4 Å². The summed E-state index contributed by atoms with van der Waals surface area (Å²) in [6.07, 6.45) is 4.40. The minimum absolute atomic E-state index is 0.0858. The fourth-order valence-corrected chi connectivity index (χ4v) is 2.07. The van der Waals surface area contributed by atoms with E-state index in [2.05, 4.69) is 0 Å². The zero-order valence-corrected chi connectivity index (χ0v) is 9.25. The molecular formula is C11H22O3. The molecule has 0 saturated carbocycles. The van der Waals surface area contributed by atoms with Crippen LogP contribution in [0.15, 0.2) is 0 Å². The van der Waals surface area contributed by atoms with Gasteiger partial charge < -0.3 is 10.2 Å². The SMILES string of the molecule is CCCC(CCC)(CCCO)C(=O)O. The van der Waals surface area contributed by atoms with Gasteiger partial charge in [0, 0.05) is 6.61 Å². The lowest BCUT2D eigenvalue weighted by Crippen LogP contribution is -2.31. The molecule has 0 saturated heterocycles. The highest BCUT2D eigenvalue weighted by Gasteiger charge is 2.35. The van der Waals surface area contributed by atoms with E-state index < -0.39 is 11.4 Å². The maximum atomic E-state index is 11.2. The van der Waals surface area contributed by atoms with Gasteiger partial charge in [0.15, 0.2) is 0 Å². The number of carbonyl (C=O) groups is 1. The second kappa shape index (κ2) is 6.82. The molecule has 0 spiro atoms. The summed E-state index contributed by atoms with van der Waals surface area (Å²) >= 11 is 0. The normalized spacial score (nSPS) is 11.6. The maximum Gasteiger partial charge on any atom is 0.309 e. The summed E-state index contributed by atoms with van der Waals surface area (Å²) in [6, 6.07) is 0. The first-order chi connectivity index (χ1) is 6.63. The van der Waals surface area contributed by atoms with Gasteiger partial charge in [-0.25, -0.2) is 0 Å². The number of aliphatic hydroxyl groups is 1. The first kappa shape index (κ1) is 13.4. The molecule has 0 bridgehead atoms. The minimum atomic E-state index is -0.699. The van der Waals surface area contributed by atoms with E-state index in [1.807, 2.05) is 13.8 Å². The highest BCUT2D eigenvalue weighted by atomic mass is 16.4. The van der Waals surface area contributed by atoms with Gasteiger partial charge in [0.25, 0.3) is 0 Å². The van der Waals surface area contributed by atoms with Crippen molar-refractivity contribution < 1.29 is 15.0 Å². The Hall–Kier alpha value is -0.570. The first-order valence-electron chi connectivity index (χ1n) is 5.47. The second-order valence-corrected chi connectivity index (χ2v) is 3.91. The number of hydrogen-bond donors (Lipinski definition) is 2. The van der Waals surface area contributed by atoms with Gasteiger partial charge in [-0.15, -0.1) is 0 Å². The van der Waals surface area contributed by atoms with E-state index >= 15 is 0 Å². The predicted molar refractivity (Wildman–Crippen MR) is 56.2 cm³/mol. The number of hydrogen-bond acceptors (Lipinski definition) is 2. The fraction of sp³-hybridized carbons (Fsp3) is 0.909. The molecule has 84 valence electrons. The molecular weight excluding hydrogens is 180 g/mol. The molecule has 0 aliphatic carbocycles. The van der Waals surface area contributed by atoms with Crippen molar-refractivity contribution in [1.29, 1.82) is 0 Å². The summed E-state index contributed by atoms with van der Waals surface area (Å²) in [7, 11) is 0. The van der Waals surface area contributed by atoms with Gasteiger partial charge in [0.05, 0.1) is 5.41 Å². The van der Waals surface area contributed by atoms with Crippen LogP contribution < -0.4 is 0 Å². The third-order valence-electron chi connectivity index (χ3n) is 2.72. The van der Waals surface area contributed by atoms with Gasteiger partial charge in [0.2, 0.25) is 0 Å². The molecule has 0 amide bonds. The Labute approximate surface area is 86.1 Å². The van der Waals surface area contributed by atoms with Crippen LogP contribution in [-0.2, 0) is 4.79 Å². The third-order valence-corrected chi connectivity index (χ3v) is 2.72. The van der Waals surface area contributed by atoms with E-state index in [0.717, 1.165) is 25.7 Å². The van der Waals surface area contributed by atoms with Crippen LogP contribution in [0.25, 0.3) is 0 Å². The standard InChI is InChI=1S/C11H22O3/c1-3-6-11(7-4-2,10(13)14)8-5-9-12/h12H,3-9H2,1-2H3,(H,13,14). The zero-order chi connectivity index (χ0) is 11.0. The molecule has 0 aliphatic rings. The average Bonchev–Trinajstić information content (AvgIpc) is 2.14. The highest BCUT2D eigenvalue weighted by molar-refractivity contribution is 5.74. The lowest BCUT2D eigenvalue weighted by atomic mass is 9.75. The van der Waals surface area contributed by atoms with Gasteiger partial charge in [-0.2, -0.15) is 0 Å². The Kier molecular flexibility index (Phi) is 6.54. The summed E-state index contributed by atoms with van der Waals surface area (Å²) < 4.78 is 0. The Morgan fingerprint density at radius 1 is 1.14 bits per heavy atom. The van der Waals surface area contributed by atoms with Crippen LogP contribution in [0.2, 0.25) is 0 Å². The summed E-state index contributed by atoms with van der Waals surface area (Å²) in [5.74, 6) is -0.699. The number of aliphatic hydroxyl groups excluding tert-OH is 1. The molecule has 0 radical (unpaired) electrons. The Bertz CT molecular complexity index is 160. The van der Waals surface area contributed by atoms with Crippen molar-refractivity contribution in [2.24, 2.45) is 5.41 Å². The number of carboxylic acids is 1. The molecule has 0 aromatic heterocycles. The van der Waals surface area contributed by atoms with Crippen LogP contribution in [0, 0.1) is 5.41 Å². The van der Waals surface area contributed by atoms with E-state index in [1.54, 1.807) is 0 Å². The van der Waals surface area contributed by atoms with Crippen molar-refractivity contribution in [3.63, 3.8) is 0 Å². The van der Waals surface area contributed by atoms with Gasteiger partial charge in [-0.1, -0.05) is 26.7 Å². The lowest BCUT2D eigenvalue weighted by molar-refractivity contribution is -0.150. The Balaban J connectivity index is 4.46. The minimum Gasteiger partial charge on any atom is -0.481 e. The number of carboxylic acid groups (broad SMARTS) is 1.